The highest BCUT2D eigenvalue weighted by Crippen LogP contribution is 2.39. The summed E-state index contributed by atoms with van der Waals surface area (Å²) in [5.41, 5.74) is 0.361. The van der Waals surface area contributed by atoms with Crippen LogP contribution < -0.4 is 0 Å². The molecule has 2 rings (SSSR count). The van der Waals surface area contributed by atoms with E-state index >= 15 is 0 Å². The lowest BCUT2D eigenvalue weighted by molar-refractivity contribution is -0.153. The largest absolute Gasteiger partial charge is 0.508 e. The molecular formula is C17H25NO3. The average Bonchev–Trinajstić information content (AvgIpc) is 2.48. The molecule has 0 radical (unpaired) electrons. The Balaban J connectivity index is 2.07. The van der Waals surface area contributed by atoms with Crippen molar-refractivity contribution in [2.24, 2.45) is 5.41 Å². The molecule has 1 aliphatic heterocycles. The second-order valence-electron chi connectivity index (χ2n) is 6.11. The van der Waals surface area contributed by atoms with E-state index in [2.05, 4.69) is 11.8 Å². The summed E-state index contributed by atoms with van der Waals surface area (Å²) in [7, 11) is 0. The Kier molecular flexibility index (Phi) is 4.88. The van der Waals surface area contributed by atoms with Gasteiger partial charge in [0.1, 0.15) is 5.75 Å². The van der Waals surface area contributed by atoms with Gasteiger partial charge in [-0.15, -0.1) is 0 Å². The topological polar surface area (TPSA) is 60.8 Å². The van der Waals surface area contributed by atoms with Gasteiger partial charge in [0.15, 0.2) is 0 Å². The van der Waals surface area contributed by atoms with Crippen LogP contribution in [0.4, 0.5) is 0 Å². The molecule has 0 bridgehead atoms. The lowest BCUT2D eigenvalue weighted by Crippen LogP contribution is -2.45. The maximum absolute atomic E-state index is 11.6. The Morgan fingerprint density at radius 3 is 2.48 bits per heavy atom. The predicted molar refractivity (Wildman–Crippen MR) is 82.3 cm³/mol. The van der Waals surface area contributed by atoms with E-state index in [0.29, 0.717) is 18.6 Å². The van der Waals surface area contributed by atoms with E-state index in [9.17, 15) is 15.0 Å². The third kappa shape index (κ3) is 3.21. The molecule has 0 aliphatic carbocycles. The van der Waals surface area contributed by atoms with Crippen LogP contribution in [0.25, 0.3) is 0 Å². The molecule has 0 aromatic heterocycles. The van der Waals surface area contributed by atoms with E-state index in [1.165, 1.54) is 0 Å². The summed E-state index contributed by atoms with van der Waals surface area (Å²) in [6.45, 7) is 5.65. The van der Waals surface area contributed by atoms with Crippen molar-refractivity contribution in [2.75, 3.05) is 13.1 Å². The maximum atomic E-state index is 11.6. The zero-order chi connectivity index (χ0) is 15.5. The van der Waals surface area contributed by atoms with Crippen molar-refractivity contribution in [1.82, 2.24) is 4.90 Å². The lowest BCUT2D eigenvalue weighted by atomic mass is 9.74. The van der Waals surface area contributed by atoms with Gasteiger partial charge in [-0.1, -0.05) is 31.5 Å². The van der Waals surface area contributed by atoms with Crippen LogP contribution in [0.1, 0.15) is 51.1 Å². The van der Waals surface area contributed by atoms with Crippen LogP contribution in [0.15, 0.2) is 24.3 Å². The summed E-state index contributed by atoms with van der Waals surface area (Å²) >= 11 is 0. The summed E-state index contributed by atoms with van der Waals surface area (Å²) < 4.78 is 0. The van der Waals surface area contributed by atoms with Gasteiger partial charge in [0, 0.05) is 11.6 Å². The molecule has 0 spiro atoms. The number of carboxylic acid groups (broad SMARTS) is 1. The highest BCUT2D eigenvalue weighted by Gasteiger charge is 2.41. The first-order valence-corrected chi connectivity index (χ1v) is 7.75. The minimum absolute atomic E-state index is 0.111. The number of carboxylic acids is 1. The smallest absolute Gasteiger partial charge is 0.309 e. The number of para-hydroxylation sites is 1. The van der Waals surface area contributed by atoms with Crippen LogP contribution >= 0.6 is 0 Å². The summed E-state index contributed by atoms with van der Waals surface area (Å²) in [4.78, 5) is 13.9. The lowest BCUT2D eigenvalue weighted by Gasteiger charge is -2.41. The number of hydrogen-bond donors (Lipinski definition) is 2. The predicted octanol–water partition coefficient (Wildman–Crippen LogP) is 3.42. The summed E-state index contributed by atoms with van der Waals surface area (Å²) in [5, 5.41) is 19.5. The molecule has 0 saturated carbocycles. The van der Waals surface area contributed by atoms with Crippen molar-refractivity contribution in [3.05, 3.63) is 29.8 Å². The summed E-state index contributed by atoms with van der Waals surface area (Å²) in [6, 6.07) is 7.49. The monoisotopic (exact) mass is 291 g/mol. The minimum atomic E-state index is -0.654. The van der Waals surface area contributed by atoms with E-state index in [4.69, 9.17) is 0 Å². The Morgan fingerprint density at radius 1 is 1.33 bits per heavy atom. The fraction of sp³-hybridized carbons (Fsp3) is 0.588. The average molecular weight is 291 g/mol. The van der Waals surface area contributed by atoms with Crippen LogP contribution in [0.5, 0.6) is 5.75 Å². The van der Waals surface area contributed by atoms with E-state index in [0.717, 1.165) is 31.5 Å². The molecule has 21 heavy (non-hydrogen) atoms. The van der Waals surface area contributed by atoms with Crippen molar-refractivity contribution < 1.29 is 15.0 Å². The molecular weight excluding hydrogens is 266 g/mol. The number of benzene rings is 1. The Labute approximate surface area is 126 Å². The van der Waals surface area contributed by atoms with E-state index in [1.54, 1.807) is 6.07 Å². The molecule has 1 fully saturated rings. The maximum Gasteiger partial charge on any atom is 0.309 e. The van der Waals surface area contributed by atoms with Crippen molar-refractivity contribution in [3.8, 4) is 5.75 Å². The first-order valence-electron chi connectivity index (χ1n) is 7.75. The van der Waals surface area contributed by atoms with Crippen molar-refractivity contribution in [2.45, 2.75) is 45.6 Å². The molecule has 1 aromatic rings. The number of likely N-dealkylation sites (tertiary alicyclic amines) is 1. The number of nitrogens with zero attached hydrogens (tertiary/aromatic N) is 1. The van der Waals surface area contributed by atoms with Gasteiger partial charge in [0.25, 0.3) is 0 Å². The second kappa shape index (κ2) is 6.48. The SMILES string of the molecule is CCCC1(C(=O)O)CCN(C(C)c2ccccc2O)CC1. The molecule has 2 N–H and O–H groups in total. The molecule has 1 aromatic carbocycles. The van der Waals surface area contributed by atoms with E-state index in [-0.39, 0.29) is 6.04 Å². The molecule has 4 nitrogen and oxygen atoms in total. The molecule has 1 heterocycles. The number of rotatable bonds is 5. The van der Waals surface area contributed by atoms with Crippen LogP contribution in [0.2, 0.25) is 0 Å². The molecule has 1 saturated heterocycles. The number of piperidine rings is 1. The van der Waals surface area contributed by atoms with E-state index in [1.807, 2.05) is 25.1 Å². The summed E-state index contributed by atoms with van der Waals surface area (Å²) in [5.74, 6) is -0.340. The van der Waals surface area contributed by atoms with Crippen LogP contribution in [-0.2, 0) is 4.79 Å². The highest BCUT2D eigenvalue weighted by molar-refractivity contribution is 5.74. The molecule has 4 heteroatoms. The quantitative estimate of drug-likeness (QED) is 0.872. The van der Waals surface area contributed by atoms with Gasteiger partial charge in [0.05, 0.1) is 5.41 Å². The second-order valence-corrected chi connectivity index (χ2v) is 6.11. The first-order chi connectivity index (χ1) is 10.00. The fourth-order valence-electron chi connectivity index (χ4n) is 3.43. The number of aliphatic carboxylic acids is 1. The van der Waals surface area contributed by atoms with Gasteiger partial charge in [0.2, 0.25) is 0 Å². The third-order valence-electron chi connectivity index (χ3n) is 4.87. The number of hydrogen-bond acceptors (Lipinski definition) is 3. The fourth-order valence-corrected chi connectivity index (χ4v) is 3.43. The molecule has 0 amide bonds. The van der Waals surface area contributed by atoms with E-state index < -0.39 is 11.4 Å². The first kappa shape index (κ1) is 15.8. The molecule has 1 aliphatic rings. The molecule has 1 atom stereocenters. The van der Waals surface area contributed by atoms with Crippen molar-refractivity contribution >= 4 is 5.97 Å². The highest BCUT2D eigenvalue weighted by atomic mass is 16.4. The molecule has 116 valence electrons. The Hall–Kier alpha value is -1.55. The van der Waals surface area contributed by atoms with Gasteiger partial charge in [-0.05, 0) is 45.3 Å². The zero-order valence-corrected chi connectivity index (χ0v) is 12.9. The number of phenolic OH excluding ortho intramolecular Hbond substituents is 1. The summed E-state index contributed by atoms with van der Waals surface area (Å²) in [6.07, 6.45) is 3.03. The van der Waals surface area contributed by atoms with Gasteiger partial charge >= 0.3 is 5.97 Å². The number of phenols is 1. The normalized spacial score (nSPS) is 20.1. The third-order valence-corrected chi connectivity index (χ3v) is 4.87. The van der Waals surface area contributed by atoms with Crippen LogP contribution in [-0.4, -0.2) is 34.2 Å². The number of carbonyl (C=O) groups is 1. The van der Waals surface area contributed by atoms with Crippen molar-refractivity contribution in [3.63, 3.8) is 0 Å². The van der Waals surface area contributed by atoms with Crippen LogP contribution in [0, 0.1) is 5.41 Å². The van der Waals surface area contributed by atoms with Gasteiger partial charge < -0.3 is 10.2 Å². The Bertz CT molecular complexity index is 493. The van der Waals surface area contributed by atoms with Crippen LogP contribution in [0.3, 0.4) is 0 Å². The Morgan fingerprint density at radius 2 is 1.95 bits per heavy atom. The molecule has 1 unspecified atom stereocenters. The van der Waals surface area contributed by atoms with Gasteiger partial charge in [-0.2, -0.15) is 0 Å². The van der Waals surface area contributed by atoms with Crippen molar-refractivity contribution in [1.29, 1.82) is 0 Å². The zero-order valence-electron chi connectivity index (χ0n) is 12.9. The number of aromatic hydroxyl groups is 1. The van der Waals surface area contributed by atoms with Gasteiger partial charge in [-0.25, -0.2) is 0 Å². The minimum Gasteiger partial charge on any atom is -0.508 e. The van der Waals surface area contributed by atoms with Gasteiger partial charge in [-0.3, -0.25) is 9.69 Å². The standard InChI is InChI=1S/C17H25NO3/c1-3-8-17(16(20)21)9-11-18(12-10-17)13(2)14-6-4-5-7-15(14)19/h4-7,13,19H,3,8-12H2,1-2H3,(H,20,21).